The molecule has 1 atom stereocenters. The summed E-state index contributed by atoms with van der Waals surface area (Å²) in [5, 5.41) is 15.2. The van der Waals surface area contributed by atoms with Crippen LogP contribution >= 0.6 is 0 Å². The van der Waals surface area contributed by atoms with Crippen molar-refractivity contribution < 1.29 is 0 Å². The summed E-state index contributed by atoms with van der Waals surface area (Å²) < 4.78 is 1.98. The summed E-state index contributed by atoms with van der Waals surface area (Å²) in [7, 11) is 0. The highest BCUT2D eigenvalue weighted by atomic mass is 15.3. The van der Waals surface area contributed by atoms with Gasteiger partial charge in [-0.15, -0.1) is 10.2 Å². The van der Waals surface area contributed by atoms with Gasteiger partial charge in [-0.05, 0) is 31.4 Å². The molecule has 2 aromatic rings. The van der Waals surface area contributed by atoms with E-state index in [1.165, 1.54) is 25.7 Å². The van der Waals surface area contributed by atoms with E-state index < -0.39 is 0 Å². The minimum Gasteiger partial charge on any atom is -0.357 e. The van der Waals surface area contributed by atoms with Gasteiger partial charge in [0.1, 0.15) is 6.54 Å². The molecule has 6 heteroatoms. The van der Waals surface area contributed by atoms with Crippen LogP contribution in [0.1, 0.15) is 52.3 Å². The van der Waals surface area contributed by atoms with E-state index in [-0.39, 0.29) is 0 Å². The fourth-order valence-corrected chi connectivity index (χ4v) is 2.67. The molecular formula is C18H30N6. The first-order valence-corrected chi connectivity index (χ1v) is 9.09. The smallest absolute Gasteiger partial charge is 0.191 e. The Kier molecular flexibility index (Phi) is 7.52. The van der Waals surface area contributed by atoms with Crippen molar-refractivity contribution in [2.24, 2.45) is 10.9 Å². The molecule has 0 radical (unpaired) electrons. The minimum absolute atomic E-state index is 0.506. The average Bonchev–Trinajstić information content (AvgIpc) is 3.03. The second kappa shape index (κ2) is 9.90. The van der Waals surface area contributed by atoms with Gasteiger partial charge in [0.25, 0.3) is 0 Å². The lowest BCUT2D eigenvalue weighted by Crippen LogP contribution is -2.39. The van der Waals surface area contributed by atoms with Crippen LogP contribution in [-0.4, -0.2) is 33.6 Å². The van der Waals surface area contributed by atoms with Crippen molar-refractivity contribution in [1.82, 2.24) is 25.2 Å². The van der Waals surface area contributed by atoms with E-state index in [0.717, 1.165) is 30.5 Å². The van der Waals surface area contributed by atoms with Crippen LogP contribution in [-0.2, 0) is 6.54 Å². The molecular weight excluding hydrogens is 300 g/mol. The van der Waals surface area contributed by atoms with E-state index >= 15 is 0 Å². The molecule has 0 bridgehead atoms. The third kappa shape index (κ3) is 5.22. The molecule has 0 aliphatic rings. The third-order valence-corrected chi connectivity index (χ3v) is 4.21. The molecule has 132 valence electrons. The SMILES string of the molecule is CCCCC(CC)CNC(=NCc1nnc2ccccn12)NCC. The van der Waals surface area contributed by atoms with Gasteiger partial charge in [-0.25, -0.2) is 4.99 Å². The first-order valence-electron chi connectivity index (χ1n) is 9.09. The van der Waals surface area contributed by atoms with Crippen LogP contribution in [0, 0.1) is 5.92 Å². The second-order valence-corrected chi connectivity index (χ2v) is 6.04. The molecule has 0 aromatic carbocycles. The van der Waals surface area contributed by atoms with Gasteiger partial charge in [-0.2, -0.15) is 0 Å². The number of unbranched alkanes of at least 4 members (excludes halogenated alkanes) is 1. The van der Waals surface area contributed by atoms with Gasteiger partial charge in [0.15, 0.2) is 17.4 Å². The molecule has 0 aliphatic carbocycles. The summed E-state index contributed by atoms with van der Waals surface area (Å²) in [6, 6.07) is 5.89. The van der Waals surface area contributed by atoms with E-state index in [1.54, 1.807) is 0 Å². The Morgan fingerprint density at radius 3 is 2.83 bits per heavy atom. The monoisotopic (exact) mass is 330 g/mol. The van der Waals surface area contributed by atoms with E-state index in [2.05, 4.69) is 46.6 Å². The lowest BCUT2D eigenvalue weighted by Gasteiger charge is -2.17. The fourth-order valence-electron chi connectivity index (χ4n) is 2.67. The first kappa shape index (κ1) is 18.2. The molecule has 0 saturated heterocycles. The first-order chi connectivity index (χ1) is 11.8. The number of pyridine rings is 1. The van der Waals surface area contributed by atoms with Gasteiger partial charge < -0.3 is 10.6 Å². The molecule has 0 amide bonds. The zero-order valence-corrected chi connectivity index (χ0v) is 15.1. The lowest BCUT2D eigenvalue weighted by atomic mass is 9.99. The Bertz CT molecular complexity index is 633. The topological polar surface area (TPSA) is 66.6 Å². The highest BCUT2D eigenvalue weighted by Crippen LogP contribution is 2.11. The molecule has 0 saturated carbocycles. The summed E-state index contributed by atoms with van der Waals surface area (Å²) in [4.78, 5) is 4.66. The molecule has 2 aromatic heterocycles. The lowest BCUT2D eigenvalue weighted by molar-refractivity contribution is 0.443. The second-order valence-electron chi connectivity index (χ2n) is 6.04. The minimum atomic E-state index is 0.506. The van der Waals surface area contributed by atoms with Gasteiger partial charge in [0.05, 0.1) is 0 Å². The number of fused-ring (bicyclic) bond motifs is 1. The van der Waals surface area contributed by atoms with E-state index in [1.807, 2.05) is 28.8 Å². The summed E-state index contributed by atoms with van der Waals surface area (Å²) in [5.74, 6) is 2.39. The number of aliphatic imine (C=N–C) groups is 1. The number of guanidine groups is 1. The molecule has 2 rings (SSSR count). The van der Waals surface area contributed by atoms with Crippen molar-refractivity contribution >= 4 is 11.6 Å². The predicted octanol–water partition coefficient (Wildman–Crippen LogP) is 3.00. The molecule has 2 N–H and O–H groups in total. The van der Waals surface area contributed by atoms with E-state index in [0.29, 0.717) is 12.5 Å². The molecule has 0 aliphatic heterocycles. The summed E-state index contributed by atoms with van der Waals surface area (Å²) in [5.41, 5.74) is 0.853. The Hall–Kier alpha value is -2.11. The Morgan fingerprint density at radius 1 is 1.21 bits per heavy atom. The zero-order chi connectivity index (χ0) is 17.2. The molecule has 0 fully saturated rings. The van der Waals surface area contributed by atoms with Crippen LogP contribution in [0.25, 0.3) is 5.65 Å². The summed E-state index contributed by atoms with van der Waals surface area (Å²) >= 11 is 0. The number of nitrogens with zero attached hydrogens (tertiary/aromatic N) is 4. The van der Waals surface area contributed by atoms with Crippen LogP contribution < -0.4 is 10.6 Å². The Balaban J connectivity index is 1.97. The molecule has 6 nitrogen and oxygen atoms in total. The van der Waals surface area contributed by atoms with Crippen LogP contribution in [0.15, 0.2) is 29.4 Å². The fraction of sp³-hybridized carbons (Fsp3) is 0.611. The van der Waals surface area contributed by atoms with Gasteiger partial charge >= 0.3 is 0 Å². The third-order valence-electron chi connectivity index (χ3n) is 4.21. The highest BCUT2D eigenvalue weighted by molar-refractivity contribution is 5.79. The van der Waals surface area contributed by atoms with Crippen molar-refractivity contribution in [3.63, 3.8) is 0 Å². The van der Waals surface area contributed by atoms with Crippen molar-refractivity contribution in [1.29, 1.82) is 0 Å². The Labute approximate surface area is 144 Å². The largest absolute Gasteiger partial charge is 0.357 e. The summed E-state index contributed by atoms with van der Waals surface area (Å²) in [6.45, 7) is 8.90. The number of hydrogen-bond acceptors (Lipinski definition) is 3. The van der Waals surface area contributed by atoms with Gasteiger partial charge in [0, 0.05) is 19.3 Å². The number of rotatable bonds is 9. The van der Waals surface area contributed by atoms with Gasteiger partial charge in [-0.1, -0.05) is 39.2 Å². The molecule has 1 unspecified atom stereocenters. The molecule has 2 heterocycles. The highest BCUT2D eigenvalue weighted by Gasteiger charge is 2.08. The van der Waals surface area contributed by atoms with Crippen LogP contribution in [0.3, 0.4) is 0 Å². The number of hydrogen-bond donors (Lipinski definition) is 2. The number of nitrogens with one attached hydrogen (secondary N) is 2. The predicted molar refractivity (Wildman–Crippen MR) is 99.1 cm³/mol. The number of aromatic nitrogens is 3. The van der Waals surface area contributed by atoms with Crippen LogP contribution in [0.2, 0.25) is 0 Å². The van der Waals surface area contributed by atoms with Crippen molar-refractivity contribution in [3.8, 4) is 0 Å². The maximum Gasteiger partial charge on any atom is 0.191 e. The zero-order valence-electron chi connectivity index (χ0n) is 15.1. The molecule has 24 heavy (non-hydrogen) atoms. The van der Waals surface area contributed by atoms with E-state index in [9.17, 15) is 0 Å². The summed E-state index contributed by atoms with van der Waals surface area (Å²) in [6.07, 6.45) is 6.98. The van der Waals surface area contributed by atoms with Crippen LogP contribution in [0.5, 0.6) is 0 Å². The standard InChI is InChI=1S/C18H30N6/c1-4-7-10-15(5-2)13-20-18(19-6-3)21-14-17-23-22-16-11-8-9-12-24(16)17/h8-9,11-12,15H,4-7,10,13-14H2,1-3H3,(H2,19,20,21). The normalized spacial score (nSPS) is 13.2. The van der Waals surface area contributed by atoms with Crippen molar-refractivity contribution in [2.45, 2.75) is 53.0 Å². The van der Waals surface area contributed by atoms with E-state index in [4.69, 9.17) is 0 Å². The molecule has 0 spiro atoms. The maximum absolute atomic E-state index is 4.66. The van der Waals surface area contributed by atoms with Gasteiger partial charge in [0.2, 0.25) is 0 Å². The maximum atomic E-state index is 4.66. The van der Waals surface area contributed by atoms with Gasteiger partial charge in [-0.3, -0.25) is 4.40 Å². The van der Waals surface area contributed by atoms with Crippen molar-refractivity contribution in [3.05, 3.63) is 30.2 Å². The average molecular weight is 330 g/mol. The quantitative estimate of drug-likeness (QED) is 0.548. The van der Waals surface area contributed by atoms with Crippen molar-refractivity contribution in [2.75, 3.05) is 13.1 Å². The Morgan fingerprint density at radius 2 is 2.08 bits per heavy atom. The van der Waals surface area contributed by atoms with Crippen LogP contribution in [0.4, 0.5) is 0 Å².